The van der Waals surface area contributed by atoms with E-state index in [1.165, 1.54) is 6.33 Å². The van der Waals surface area contributed by atoms with Gasteiger partial charge in [0.15, 0.2) is 11.5 Å². The van der Waals surface area contributed by atoms with Gasteiger partial charge in [0.2, 0.25) is 6.79 Å². The summed E-state index contributed by atoms with van der Waals surface area (Å²) in [5.74, 6) is 1.49. The summed E-state index contributed by atoms with van der Waals surface area (Å²) in [6.07, 6.45) is 5.22. The van der Waals surface area contributed by atoms with Gasteiger partial charge in [-0.2, -0.15) is 0 Å². The van der Waals surface area contributed by atoms with Crippen LogP contribution in [0.25, 0.3) is 22.3 Å². The number of unbranched alkanes of at least 4 members (excludes halogenated alkanes) is 1. The van der Waals surface area contributed by atoms with Crippen LogP contribution in [-0.2, 0) is 4.74 Å². The van der Waals surface area contributed by atoms with Gasteiger partial charge >= 0.3 is 6.09 Å². The molecule has 2 aliphatic heterocycles. The fourth-order valence-electron chi connectivity index (χ4n) is 4.56. The summed E-state index contributed by atoms with van der Waals surface area (Å²) in [6.45, 7) is 9.15. The Balaban J connectivity index is 1.39. The zero-order valence-electron chi connectivity index (χ0n) is 22.1. The van der Waals surface area contributed by atoms with Crippen LogP contribution in [0, 0.1) is 0 Å². The second-order valence-corrected chi connectivity index (χ2v) is 10.4. The lowest BCUT2D eigenvalue weighted by molar-refractivity contribution is 0.0290. The second kappa shape index (κ2) is 10.4. The maximum Gasteiger partial charge on any atom is 0.410 e. The number of hydrogen-bond acceptors (Lipinski definition) is 8. The molecular formula is C27H33N5O6. The summed E-state index contributed by atoms with van der Waals surface area (Å²) in [5, 5.41) is 3.03. The highest BCUT2D eigenvalue weighted by molar-refractivity contribution is 6.08. The number of nitrogens with zero attached hydrogens (tertiary/aromatic N) is 3. The van der Waals surface area contributed by atoms with E-state index in [9.17, 15) is 9.59 Å². The van der Waals surface area contributed by atoms with Crippen LogP contribution in [0.15, 0.2) is 24.7 Å². The Labute approximate surface area is 220 Å². The van der Waals surface area contributed by atoms with Crippen molar-refractivity contribution in [1.29, 1.82) is 0 Å². The van der Waals surface area contributed by atoms with Crippen molar-refractivity contribution in [1.82, 2.24) is 25.2 Å². The minimum Gasteiger partial charge on any atom is -0.493 e. The highest BCUT2D eigenvalue weighted by atomic mass is 16.7. The Morgan fingerprint density at radius 1 is 1.24 bits per heavy atom. The predicted molar refractivity (Wildman–Crippen MR) is 140 cm³/mol. The smallest absolute Gasteiger partial charge is 0.410 e. The van der Waals surface area contributed by atoms with Gasteiger partial charge in [0.1, 0.15) is 28.9 Å². The number of likely N-dealkylation sites (tertiary alicyclic amines) is 1. The molecule has 2 aliphatic rings. The van der Waals surface area contributed by atoms with Crippen LogP contribution in [-0.4, -0.2) is 70.0 Å². The lowest BCUT2D eigenvalue weighted by atomic mass is 10.1. The molecule has 11 heteroatoms. The molecule has 3 aromatic rings. The molecule has 0 radical (unpaired) electrons. The quantitative estimate of drug-likeness (QED) is 0.440. The average Bonchev–Trinajstić information content (AvgIpc) is 3.62. The van der Waals surface area contributed by atoms with Crippen LogP contribution in [0.1, 0.15) is 57.3 Å². The maximum absolute atomic E-state index is 13.3. The van der Waals surface area contributed by atoms with Crippen LogP contribution in [0.4, 0.5) is 4.79 Å². The van der Waals surface area contributed by atoms with Crippen molar-refractivity contribution >= 4 is 23.0 Å². The molecule has 1 atom stereocenters. The number of fused-ring (bicyclic) bond motifs is 2. The van der Waals surface area contributed by atoms with Crippen molar-refractivity contribution in [2.24, 2.45) is 0 Å². The number of H-pyrrole nitrogens is 1. The van der Waals surface area contributed by atoms with Gasteiger partial charge < -0.3 is 34.1 Å². The van der Waals surface area contributed by atoms with E-state index < -0.39 is 5.60 Å². The van der Waals surface area contributed by atoms with Crippen LogP contribution in [0.5, 0.6) is 17.2 Å². The summed E-state index contributed by atoms with van der Waals surface area (Å²) in [6, 6.07) is 3.48. The first-order chi connectivity index (χ1) is 18.2. The molecule has 38 heavy (non-hydrogen) atoms. The third kappa shape index (κ3) is 5.18. The summed E-state index contributed by atoms with van der Waals surface area (Å²) >= 11 is 0. The number of aromatic amines is 1. The van der Waals surface area contributed by atoms with Crippen LogP contribution in [0.2, 0.25) is 0 Å². The van der Waals surface area contributed by atoms with Gasteiger partial charge in [-0.25, -0.2) is 14.8 Å². The SMILES string of the molecule is CCCCOc1ccc2c(c1-c1ncnc3c(C(=O)N[C@@H]4CCN(C(=O)OC(C)(C)C)C4)c[nH]c13)OCO2. The minimum absolute atomic E-state index is 0.106. The Bertz CT molecular complexity index is 1350. The van der Waals surface area contributed by atoms with Crippen LogP contribution < -0.4 is 19.5 Å². The summed E-state index contributed by atoms with van der Waals surface area (Å²) in [7, 11) is 0. The fourth-order valence-corrected chi connectivity index (χ4v) is 4.56. The average molecular weight is 524 g/mol. The van der Waals surface area contributed by atoms with Gasteiger partial charge in [-0.1, -0.05) is 13.3 Å². The Morgan fingerprint density at radius 2 is 2.08 bits per heavy atom. The first-order valence-corrected chi connectivity index (χ1v) is 12.9. The summed E-state index contributed by atoms with van der Waals surface area (Å²) < 4.78 is 22.9. The molecule has 2 amide bonds. The molecule has 1 saturated heterocycles. The first kappa shape index (κ1) is 25.6. The molecule has 11 nitrogen and oxygen atoms in total. The zero-order chi connectivity index (χ0) is 26.9. The molecule has 1 aromatic carbocycles. The van der Waals surface area contributed by atoms with E-state index in [-0.39, 0.29) is 24.8 Å². The van der Waals surface area contributed by atoms with Gasteiger partial charge in [0.25, 0.3) is 5.91 Å². The zero-order valence-corrected chi connectivity index (χ0v) is 22.1. The summed E-state index contributed by atoms with van der Waals surface area (Å²) in [5.41, 5.74) is 2.09. The Morgan fingerprint density at radius 3 is 2.87 bits per heavy atom. The van der Waals surface area contributed by atoms with Crippen LogP contribution in [0.3, 0.4) is 0 Å². The molecule has 2 aromatic heterocycles. The lowest BCUT2D eigenvalue weighted by Crippen LogP contribution is -2.40. The number of amides is 2. The number of nitrogens with one attached hydrogen (secondary N) is 2. The highest BCUT2D eigenvalue weighted by Crippen LogP contribution is 2.47. The number of ether oxygens (including phenoxy) is 4. The number of carbonyl (C=O) groups is 2. The molecule has 202 valence electrons. The number of carbonyl (C=O) groups excluding carboxylic acids is 2. The molecule has 4 heterocycles. The van der Waals surface area contributed by atoms with Crippen molar-refractivity contribution in [2.75, 3.05) is 26.5 Å². The number of rotatable bonds is 7. The Kier molecular flexibility index (Phi) is 7.00. The van der Waals surface area contributed by atoms with E-state index in [1.54, 1.807) is 11.1 Å². The van der Waals surface area contributed by atoms with E-state index in [0.717, 1.165) is 12.8 Å². The molecule has 0 bridgehead atoms. The van der Waals surface area contributed by atoms with Gasteiger partial charge in [-0.3, -0.25) is 4.79 Å². The standard InChI is InChI=1S/C27H33N5O6/c1-5-6-11-35-18-7-8-19-24(37-15-36-19)20(18)22-23-21(29-14-30-22)17(12-28-23)25(33)31-16-9-10-32(13-16)26(34)38-27(2,3)4/h7-8,12,14,16,28H,5-6,9-11,13,15H2,1-4H3,(H,31,33)/t16-/m1/s1. The molecule has 2 N–H and O–H groups in total. The third-order valence-electron chi connectivity index (χ3n) is 6.38. The summed E-state index contributed by atoms with van der Waals surface area (Å²) in [4.78, 5) is 39.4. The minimum atomic E-state index is -0.573. The normalized spacial score (nSPS) is 16.6. The van der Waals surface area contributed by atoms with E-state index in [0.29, 0.717) is 71.2 Å². The molecule has 5 rings (SSSR count). The largest absolute Gasteiger partial charge is 0.493 e. The van der Waals surface area contributed by atoms with E-state index >= 15 is 0 Å². The van der Waals surface area contributed by atoms with E-state index in [1.807, 2.05) is 32.9 Å². The molecular weight excluding hydrogens is 490 g/mol. The van der Waals surface area contributed by atoms with E-state index in [2.05, 4.69) is 27.2 Å². The molecule has 1 fully saturated rings. The topological polar surface area (TPSA) is 128 Å². The first-order valence-electron chi connectivity index (χ1n) is 12.9. The Hall–Kier alpha value is -4.02. The number of hydrogen-bond donors (Lipinski definition) is 2. The van der Waals surface area contributed by atoms with Crippen molar-refractivity contribution in [3.63, 3.8) is 0 Å². The van der Waals surface area contributed by atoms with Gasteiger partial charge in [-0.05, 0) is 45.7 Å². The van der Waals surface area contributed by atoms with Crippen LogP contribution >= 0.6 is 0 Å². The van der Waals surface area contributed by atoms with Crippen molar-refractivity contribution < 1.29 is 28.5 Å². The predicted octanol–water partition coefficient (Wildman–Crippen LogP) is 4.27. The van der Waals surface area contributed by atoms with Gasteiger partial charge in [0, 0.05) is 25.3 Å². The molecule has 0 saturated carbocycles. The number of benzene rings is 1. The highest BCUT2D eigenvalue weighted by Gasteiger charge is 2.32. The number of aromatic nitrogens is 3. The molecule has 0 aliphatic carbocycles. The third-order valence-corrected chi connectivity index (χ3v) is 6.38. The van der Waals surface area contributed by atoms with Crippen molar-refractivity contribution in [3.05, 3.63) is 30.2 Å². The monoisotopic (exact) mass is 523 g/mol. The van der Waals surface area contributed by atoms with Gasteiger partial charge in [-0.15, -0.1) is 0 Å². The van der Waals surface area contributed by atoms with Gasteiger partial charge in [0.05, 0.1) is 23.3 Å². The molecule has 0 spiro atoms. The van der Waals surface area contributed by atoms with E-state index in [4.69, 9.17) is 18.9 Å². The lowest BCUT2D eigenvalue weighted by Gasteiger charge is -2.24. The van der Waals surface area contributed by atoms with Crippen molar-refractivity contribution in [3.8, 4) is 28.5 Å². The fraction of sp³-hybridized carbons (Fsp3) is 0.481. The van der Waals surface area contributed by atoms with Crippen molar-refractivity contribution in [2.45, 2.75) is 58.6 Å². The maximum atomic E-state index is 13.3. The molecule has 0 unspecified atom stereocenters. The second-order valence-electron chi connectivity index (χ2n) is 10.4.